The number of hydrogen-bond donors (Lipinski definition) is 1. The van der Waals surface area contributed by atoms with Crippen LogP contribution in [0, 0.1) is 0 Å². The van der Waals surface area contributed by atoms with Crippen molar-refractivity contribution in [1.29, 1.82) is 0 Å². The summed E-state index contributed by atoms with van der Waals surface area (Å²) in [5.41, 5.74) is 1.27. The van der Waals surface area contributed by atoms with E-state index in [1.54, 1.807) is 22.6 Å². The molecule has 1 aromatic heterocycles. The lowest BCUT2D eigenvalue weighted by Crippen LogP contribution is -2.25. The maximum Gasteiger partial charge on any atom is 0.273 e. The van der Waals surface area contributed by atoms with Crippen LogP contribution in [-0.4, -0.2) is 39.5 Å². The van der Waals surface area contributed by atoms with E-state index in [1.807, 2.05) is 30.5 Å². The Kier molecular flexibility index (Phi) is 6.07. The van der Waals surface area contributed by atoms with Crippen LogP contribution in [0.2, 0.25) is 5.02 Å². The molecule has 0 unspecified atom stereocenters. The molecule has 1 amide bonds. The standard InChI is InChI=1S/C14H17ClN4OS/c1-21-8-4-7-16-14(20)13-10-19(18-17-13)9-11-5-2-3-6-12(11)15/h2-3,5-6,10H,4,7-9H2,1H3,(H,16,20). The molecule has 0 radical (unpaired) electrons. The first-order valence-electron chi connectivity index (χ1n) is 6.61. The van der Waals surface area contributed by atoms with Crippen molar-refractivity contribution < 1.29 is 4.79 Å². The van der Waals surface area contributed by atoms with Crippen LogP contribution in [-0.2, 0) is 6.54 Å². The van der Waals surface area contributed by atoms with Gasteiger partial charge in [0.05, 0.1) is 12.7 Å². The zero-order valence-corrected chi connectivity index (χ0v) is 13.3. The molecule has 0 saturated heterocycles. The highest BCUT2D eigenvalue weighted by molar-refractivity contribution is 7.98. The molecule has 1 heterocycles. The van der Waals surface area contributed by atoms with Gasteiger partial charge < -0.3 is 5.32 Å². The second-order valence-electron chi connectivity index (χ2n) is 4.50. The van der Waals surface area contributed by atoms with Crippen molar-refractivity contribution in [2.75, 3.05) is 18.6 Å². The Hall–Kier alpha value is -1.53. The normalized spacial score (nSPS) is 10.6. The van der Waals surface area contributed by atoms with Crippen molar-refractivity contribution in [3.05, 3.63) is 46.7 Å². The van der Waals surface area contributed by atoms with E-state index in [0.717, 1.165) is 17.7 Å². The summed E-state index contributed by atoms with van der Waals surface area (Å²) >= 11 is 7.86. The molecule has 1 N–H and O–H groups in total. The lowest BCUT2D eigenvalue weighted by molar-refractivity contribution is 0.0948. The fraction of sp³-hybridized carbons (Fsp3) is 0.357. The Morgan fingerprint density at radius 2 is 2.24 bits per heavy atom. The highest BCUT2D eigenvalue weighted by Gasteiger charge is 2.10. The van der Waals surface area contributed by atoms with Gasteiger partial charge in [-0.3, -0.25) is 4.79 Å². The van der Waals surface area contributed by atoms with Crippen molar-refractivity contribution in [1.82, 2.24) is 20.3 Å². The Bertz CT molecular complexity index is 602. The van der Waals surface area contributed by atoms with Gasteiger partial charge in [0.25, 0.3) is 5.91 Å². The van der Waals surface area contributed by atoms with Crippen LogP contribution in [0.1, 0.15) is 22.5 Å². The zero-order valence-electron chi connectivity index (χ0n) is 11.8. The number of aromatic nitrogens is 3. The number of nitrogens with one attached hydrogen (secondary N) is 1. The van der Waals surface area contributed by atoms with E-state index in [1.165, 1.54) is 0 Å². The van der Waals surface area contributed by atoms with Crippen molar-refractivity contribution in [2.45, 2.75) is 13.0 Å². The van der Waals surface area contributed by atoms with Crippen LogP contribution in [0.4, 0.5) is 0 Å². The number of amides is 1. The highest BCUT2D eigenvalue weighted by Crippen LogP contribution is 2.15. The van der Waals surface area contributed by atoms with E-state index in [4.69, 9.17) is 11.6 Å². The predicted octanol–water partition coefficient (Wildman–Crippen LogP) is 2.46. The van der Waals surface area contributed by atoms with Crippen molar-refractivity contribution in [2.24, 2.45) is 0 Å². The molecule has 1 aromatic carbocycles. The van der Waals surface area contributed by atoms with Crippen LogP contribution in [0.5, 0.6) is 0 Å². The maximum absolute atomic E-state index is 11.9. The number of carbonyl (C=O) groups is 1. The van der Waals surface area contributed by atoms with Crippen LogP contribution in [0.15, 0.2) is 30.5 Å². The van der Waals surface area contributed by atoms with Gasteiger partial charge in [0.2, 0.25) is 0 Å². The minimum absolute atomic E-state index is 0.193. The molecule has 5 nitrogen and oxygen atoms in total. The van der Waals surface area contributed by atoms with Gasteiger partial charge in [-0.25, -0.2) is 4.68 Å². The number of halogens is 1. The summed E-state index contributed by atoms with van der Waals surface area (Å²) in [6.07, 6.45) is 4.62. The summed E-state index contributed by atoms with van der Waals surface area (Å²) in [7, 11) is 0. The second-order valence-corrected chi connectivity index (χ2v) is 5.89. The maximum atomic E-state index is 11.9. The summed E-state index contributed by atoms with van der Waals surface area (Å²) in [6.45, 7) is 1.14. The Balaban J connectivity index is 1.92. The Labute approximate surface area is 133 Å². The van der Waals surface area contributed by atoms with Gasteiger partial charge in [-0.2, -0.15) is 11.8 Å². The van der Waals surface area contributed by atoms with Crippen molar-refractivity contribution in [3.63, 3.8) is 0 Å². The third-order valence-electron chi connectivity index (χ3n) is 2.87. The lowest BCUT2D eigenvalue weighted by Gasteiger charge is -2.03. The largest absolute Gasteiger partial charge is 0.351 e. The van der Waals surface area contributed by atoms with Gasteiger partial charge in [0, 0.05) is 11.6 Å². The van der Waals surface area contributed by atoms with Gasteiger partial charge in [-0.15, -0.1) is 5.10 Å². The van der Waals surface area contributed by atoms with Gasteiger partial charge in [0.1, 0.15) is 0 Å². The fourth-order valence-electron chi connectivity index (χ4n) is 1.79. The fourth-order valence-corrected chi connectivity index (χ4v) is 2.42. The number of carbonyl (C=O) groups excluding carboxylic acids is 1. The van der Waals surface area contributed by atoms with Crippen LogP contribution in [0.25, 0.3) is 0 Å². The molecule has 0 bridgehead atoms. The number of rotatable bonds is 7. The van der Waals surface area contributed by atoms with E-state index in [9.17, 15) is 4.79 Å². The molecule has 0 saturated carbocycles. The summed E-state index contributed by atoms with van der Waals surface area (Å²) in [5, 5.41) is 11.4. The van der Waals surface area contributed by atoms with E-state index in [2.05, 4.69) is 15.6 Å². The minimum Gasteiger partial charge on any atom is -0.351 e. The molecule has 0 spiro atoms. The molecule has 21 heavy (non-hydrogen) atoms. The van der Waals surface area contributed by atoms with Crippen molar-refractivity contribution >= 4 is 29.3 Å². The average Bonchev–Trinajstić information content (AvgIpc) is 2.94. The van der Waals surface area contributed by atoms with Crippen LogP contribution < -0.4 is 5.32 Å². The van der Waals surface area contributed by atoms with Gasteiger partial charge in [-0.05, 0) is 30.1 Å². The molecule has 2 rings (SSSR count). The van der Waals surface area contributed by atoms with Crippen LogP contribution >= 0.6 is 23.4 Å². The summed E-state index contributed by atoms with van der Waals surface area (Å²) in [4.78, 5) is 11.9. The topological polar surface area (TPSA) is 59.8 Å². The molecule has 0 fully saturated rings. The minimum atomic E-state index is -0.193. The summed E-state index contributed by atoms with van der Waals surface area (Å²) < 4.78 is 1.61. The first kappa shape index (κ1) is 15.9. The molecule has 0 atom stereocenters. The number of thioether (sulfide) groups is 1. The molecule has 0 aliphatic carbocycles. The number of hydrogen-bond acceptors (Lipinski definition) is 4. The molecule has 0 aliphatic rings. The van der Waals surface area contributed by atoms with E-state index in [-0.39, 0.29) is 5.91 Å². The highest BCUT2D eigenvalue weighted by atomic mass is 35.5. The zero-order chi connectivity index (χ0) is 15.1. The summed E-state index contributed by atoms with van der Waals surface area (Å²) in [6, 6.07) is 7.54. The Morgan fingerprint density at radius 1 is 1.43 bits per heavy atom. The summed E-state index contributed by atoms with van der Waals surface area (Å²) in [5.74, 6) is 0.834. The van der Waals surface area contributed by atoms with E-state index in [0.29, 0.717) is 23.8 Å². The lowest BCUT2D eigenvalue weighted by atomic mass is 10.2. The Morgan fingerprint density at radius 3 is 3.00 bits per heavy atom. The third kappa shape index (κ3) is 4.75. The molecule has 7 heteroatoms. The smallest absolute Gasteiger partial charge is 0.273 e. The molecule has 2 aromatic rings. The van der Waals surface area contributed by atoms with Crippen molar-refractivity contribution in [3.8, 4) is 0 Å². The molecular formula is C14H17ClN4OS. The van der Waals surface area contributed by atoms with Gasteiger partial charge in [0.15, 0.2) is 5.69 Å². The second kappa shape index (κ2) is 8.05. The van der Waals surface area contributed by atoms with E-state index < -0.39 is 0 Å². The van der Waals surface area contributed by atoms with E-state index >= 15 is 0 Å². The van der Waals surface area contributed by atoms with Gasteiger partial charge >= 0.3 is 0 Å². The number of nitrogens with zero attached hydrogens (tertiary/aromatic N) is 3. The average molecular weight is 325 g/mol. The quantitative estimate of drug-likeness (QED) is 0.795. The molecular weight excluding hydrogens is 308 g/mol. The molecule has 0 aliphatic heterocycles. The number of benzene rings is 1. The van der Waals surface area contributed by atoms with Gasteiger partial charge in [-0.1, -0.05) is 35.0 Å². The SMILES string of the molecule is CSCCCNC(=O)c1cn(Cc2ccccc2Cl)nn1. The predicted molar refractivity (Wildman–Crippen MR) is 85.9 cm³/mol. The third-order valence-corrected chi connectivity index (χ3v) is 3.94. The molecule has 112 valence electrons. The monoisotopic (exact) mass is 324 g/mol. The van der Waals surface area contributed by atoms with Crippen LogP contribution in [0.3, 0.4) is 0 Å². The first-order valence-corrected chi connectivity index (χ1v) is 8.38. The first-order chi connectivity index (χ1) is 10.2.